The monoisotopic (exact) mass is 202 g/mol. The van der Waals surface area contributed by atoms with Gasteiger partial charge in [0.1, 0.15) is 5.82 Å². The molecule has 1 amide bonds. The Morgan fingerprint density at radius 1 is 1.62 bits per heavy atom. The summed E-state index contributed by atoms with van der Waals surface area (Å²) in [6.45, 7) is 1.26. The van der Waals surface area contributed by atoms with Crippen LogP contribution < -0.4 is 11.1 Å². The number of hydrogen-bond acceptors (Lipinski definition) is 2. The summed E-state index contributed by atoms with van der Waals surface area (Å²) in [5.74, 6) is -0.999. The molecule has 0 spiro atoms. The second-order valence-corrected chi connectivity index (χ2v) is 2.88. The van der Waals surface area contributed by atoms with Crippen molar-refractivity contribution in [1.82, 2.24) is 0 Å². The number of anilines is 2. The van der Waals surface area contributed by atoms with E-state index in [0.717, 1.165) is 6.07 Å². The molecule has 1 aromatic rings. The molecule has 0 saturated carbocycles. The SMILES string of the molecule is CC(=O)Nc1c(F)ccc(N)c1Cl. The lowest BCUT2D eigenvalue weighted by Crippen LogP contribution is -2.08. The quantitative estimate of drug-likeness (QED) is 0.685. The predicted octanol–water partition coefficient (Wildman–Crippen LogP) is 2.02. The average molecular weight is 203 g/mol. The Labute approximate surface area is 79.7 Å². The van der Waals surface area contributed by atoms with Crippen molar-refractivity contribution < 1.29 is 9.18 Å². The number of nitrogens with two attached hydrogens (primary N) is 1. The zero-order valence-electron chi connectivity index (χ0n) is 6.90. The number of benzene rings is 1. The molecule has 5 heteroatoms. The zero-order valence-corrected chi connectivity index (χ0v) is 7.65. The predicted molar refractivity (Wildman–Crippen MR) is 50.1 cm³/mol. The molecule has 0 unspecified atom stereocenters. The summed E-state index contributed by atoms with van der Waals surface area (Å²) in [4.78, 5) is 10.7. The minimum atomic E-state index is -0.602. The minimum Gasteiger partial charge on any atom is -0.397 e. The summed E-state index contributed by atoms with van der Waals surface area (Å²) in [6, 6.07) is 2.48. The van der Waals surface area contributed by atoms with Crippen LogP contribution in [0.15, 0.2) is 12.1 Å². The molecular weight excluding hydrogens is 195 g/mol. The number of carbonyl (C=O) groups is 1. The Morgan fingerprint density at radius 2 is 2.23 bits per heavy atom. The van der Waals surface area contributed by atoms with Gasteiger partial charge in [-0.1, -0.05) is 11.6 Å². The second kappa shape index (κ2) is 3.62. The summed E-state index contributed by atoms with van der Waals surface area (Å²) in [5, 5.41) is 2.28. The third-order valence-corrected chi connectivity index (χ3v) is 1.83. The summed E-state index contributed by atoms with van der Waals surface area (Å²) < 4.78 is 13.0. The highest BCUT2D eigenvalue weighted by Crippen LogP contribution is 2.30. The van der Waals surface area contributed by atoms with Gasteiger partial charge in [-0.05, 0) is 12.1 Å². The average Bonchev–Trinajstić information content (AvgIpc) is 2.05. The number of hydrogen-bond donors (Lipinski definition) is 2. The van der Waals surface area contributed by atoms with Crippen LogP contribution >= 0.6 is 11.6 Å². The zero-order chi connectivity index (χ0) is 10.0. The van der Waals surface area contributed by atoms with Crippen LogP contribution in [0.4, 0.5) is 15.8 Å². The molecule has 0 bridgehead atoms. The largest absolute Gasteiger partial charge is 0.397 e. The van der Waals surface area contributed by atoms with Crippen molar-refractivity contribution in [2.45, 2.75) is 6.92 Å². The van der Waals surface area contributed by atoms with Gasteiger partial charge in [-0.2, -0.15) is 0 Å². The number of amides is 1. The lowest BCUT2D eigenvalue weighted by Gasteiger charge is -2.07. The highest BCUT2D eigenvalue weighted by Gasteiger charge is 2.10. The standard InChI is InChI=1S/C8H8ClFN2O/c1-4(13)12-8-5(10)2-3-6(11)7(8)9/h2-3H,11H2,1H3,(H,12,13). The van der Waals surface area contributed by atoms with Crippen molar-refractivity contribution in [2.24, 2.45) is 0 Å². The van der Waals surface area contributed by atoms with E-state index in [1.54, 1.807) is 0 Å². The molecule has 0 heterocycles. The number of carbonyl (C=O) groups excluding carboxylic acids is 1. The van der Waals surface area contributed by atoms with Crippen LogP contribution in [0.3, 0.4) is 0 Å². The van der Waals surface area contributed by atoms with Gasteiger partial charge < -0.3 is 11.1 Å². The molecule has 3 N–H and O–H groups in total. The summed E-state index contributed by atoms with van der Waals surface area (Å²) in [5.41, 5.74) is 5.57. The Hall–Kier alpha value is -1.29. The van der Waals surface area contributed by atoms with Crippen LogP contribution in [0.25, 0.3) is 0 Å². The summed E-state index contributed by atoms with van der Waals surface area (Å²) in [6.07, 6.45) is 0. The van der Waals surface area contributed by atoms with Gasteiger partial charge in [-0.25, -0.2) is 4.39 Å². The molecule has 0 fully saturated rings. The third-order valence-electron chi connectivity index (χ3n) is 1.42. The normalized spacial score (nSPS) is 9.77. The van der Waals surface area contributed by atoms with Gasteiger partial charge in [-0.3, -0.25) is 4.79 Å². The molecule has 0 atom stereocenters. The van der Waals surface area contributed by atoms with E-state index < -0.39 is 11.7 Å². The van der Waals surface area contributed by atoms with Crippen molar-refractivity contribution in [1.29, 1.82) is 0 Å². The Kier molecular flexibility index (Phi) is 2.72. The van der Waals surface area contributed by atoms with Gasteiger partial charge in [0.2, 0.25) is 5.91 Å². The lowest BCUT2D eigenvalue weighted by atomic mass is 10.2. The van der Waals surface area contributed by atoms with Gasteiger partial charge in [0.05, 0.1) is 16.4 Å². The van der Waals surface area contributed by atoms with Gasteiger partial charge in [0, 0.05) is 6.92 Å². The maximum absolute atomic E-state index is 13.0. The first kappa shape index (κ1) is 9.80. The smallest absolute Gasteiger partial charge is 0.221 e. The fourth-order valence-electron chi connectivity index (χ4n) is 0.859. The molecule has 0 aliphatic rings. The van der Waals surface area contributed by atoms with Gasteiger partial charge in [-0.15, -0.1) is 0 Å². The number of rotatable bonds is 1. The third kappa shape index (κ3) is 2.09. The number of nitrogen functional groups attached to an aromatic ring is 1. The van der Waals surface area contributed by atoms with E-state index in [-0.39, 0.29) is 16.4 Å². The van der Waals surface area contributed by atoms with Crippen LogP contribution in [0.1, 0.15) is 6.92 Å². The van der Waals surface area contributed by atoms with Crippen LogP contribution in [0.2, 0.25) is 5.02 Å². The van der Waals surface area contributed by atoms with E-state index in [0.29, 0.717) is 0 Å². The van der Waals surface area contributed by atoms with E-state index in [2.05, 4.69) is 5.32 Å². The molecule has 1 rings (SSSR count). The lowest BCUT2D eigenvalue weighted by molar-refractivity contribution is -0.114. The van der Waals surface area contributed by atoms with E-state index >= 15 is 0 Å². The topological polar surface area (TPSA) is 55.1 Å². The van der Waals surface area contributed by atoms with Crippen molar-refractivity contribution in [3.8, 4) is 0 Å². The molecule has 13 heavy (non-hydrogen) atoms. The fraction of sp³-hybridized carbons (Fsp3) is 0.125. The maximum Gasteiger partial charge on any atom is 0.221 e. The van der Waals surface area contributed by atoms with Gasteiger partial charge >= 0.3 is 0 Å². The number of nitrogens with one attached hydrogen (secondary N) is 1. The second-order valence-electron chi connectivity index (χ2n) is 2.51. The van der Waals surface area contributed by atoms with Crippen LogP contribution in [0.5, 0.6) is 0 Å². The molecular formula is C8H8ClFN2O. The van der Waals surface area contributed by atoms with Gasteiger partial charge in [0.25, 0.3) is 0 Å². The first-order valence-corrected chi connectivity index (χ1v) is 3.91. The molecule has 0 aliphatic carbocycles. The fourth-order valence-corrected chi connectivity index (χ4v) is 1.06. The molecule has 1 aromatic carbocycles. The van der Waals surface area contributed by atoms with Crippen LogP contribution in [0, 0.1) is 5.82 Å². The summed E-state index contributed by atoms with van der Waals surface area (Å²) in [7, 11) is 0. The van der Waals surface area contributed by atoms with E-state index in [1.807, 2.05) is 0 Å². The van der Waals surface area contributed by atoms with E-state index in [9.17, 15) is 9.18 Å². The molecule has 0 radical (unpaired) electrons. The van der Waals surface area contributed by atoms with Crippen molar-refractivity contribution in [3.63, 3.8) is 0 Å². The van der Waals surface area contributed by atoms with E-state index in [1.165, 1.54) is 13.0 Å². The number of halogens is 2. The van der Waals surface area contributed by atoms with E-state index in [4.69, 9.17) is 17.3 Å². The molecule has 0 aliphatic heterocycles. The first-order chi connectivity index (χ1) is 6.02. The van der Waals surface area contributed by atoms with Crippen molar-refractivity contribution in [3.05, 3.63) is 23.0 Å². The Balaban J connectivity index is 3.17. The van der Waals surface area contributed by atoms with Crippen LogP contribution in [-0.2, 0) is 4.79 Å². The maximum atomic E-state index is 13.0. The molecule has 70 valence electrons. The van der Waals surface area contributed by atoms with Crippen LogP contribution in [-0.4, -0.2) is 5.91 Å². The van der Waals surface area contributed by atoms with Crippen molar-refractivity contribution >= 4 is 28.9 Å². The first-order valence-electron chi connectivity index (χ1n) is 3.53. The molecule has 0 aromatic heterocycles. The summed E-state index contributed by atoms with van der Waals surface area (Å²) >= 11 is 5.66. The Morgan fingerprint density at radius 3 is 2.77 bits per heavy atom. The highest BCUT2D eigenvalue weighted by molar-refractivity contribution is 6.36. The minimum absolute atomic E-state index is 0.0233. The molecule has 3 nitrogen and oxygen atoms in total. The highest BCUT2D eigenvalue weighted by atomic mass is 35.5. The molecule has 0 saturated heterocycles. The van der Waals surface area contributed by atoms with Gasteiger partial charge in [0.15, 0.2) is 0 Å². The Bertz CT molecular complexity index is 354. The van der Waals surface area contributed by atoms with Crippen molar-refractivity contribution in [2.75, 3.05) is 11.1 Å².